The van der Waals surface area contributed by atoms with Crippen LogP contribution in [0.25, 0.3) is 0 Å². The van der Waals surface area contributed by atoms with E-state index in [4.69, 9.17) is 0 Å². The molecular weight excluding hydrogens is 370 g/mol. The van der Waals surface area contributed by atoms with Crippen LogP contribution in [0.3, 0.4) is 0 Å². The summed E-state index contributed by atoms with van der Waals surface area (Å²) in [5.74, 6) is -0.258. The van der Waals surface area contributed by atoms with Crippen molar-refractivity contribution in [3.8, 4) is 0 Å². The van der Waals surface area contributed by atoms with Gasteiger partial charge in [0, 0.05) is 24.7 Å². The fourth-order valence-corrected chi connectivity index (χ4v) is 4.38. The maximum Gasteiger partial charge on any atom is 0.327 e. The van der Waals surface area contributed by atoms with Crippen molar-refractivity contribution in [2.45, 2.75) is 44.8 Å². The average molecular weight is 393 g/mol. The van der Waals surface area contributed by atoms with Gasteiger partial charge in [-0.3, -0.25) is 19.8 Å². The number of nitro groups is 1. The summed E-state index contributed by atoms with van der Waals surface area (Å²) >= 11 is 0. The fourth-order valence-electron chi connectivity index (χ4n) is 4.38. The Bertz CT molecular complexity index is 913. The SMILES string of the molecule is O=C1C2CCCCC2N(Cc2ccc([N+](=O)[O-])cc2)C(=O)N1Cc1ccccc1. The second-order valence-corrected chi connectivity index (χ2v) is 7.70. The fraction of sp³-hybridized carbons (Fsp3) is 0.364. The van der Waals surface area contributed by atoms with Gasteiger partial charge in [0.1, 0.15) is 0 Å². The second kappa shape index (κ2) is 8.03. The predicted molar refractivity (Wildman–Crippen MR) is 107 cm³/mol. The molecule has 4 rings (SSSR count). The minimum Gasteiger partial charge on any atom is -0.316 e. The average Bonchev–Trinajstić information content (AvgIpc) is 2.75. The van der Waals surface area contributed by atoms with E-state index in [9.17, 15) is 19.7 Å². The molecule has 3 amide bonds. The first kappa shape index (κ1) is 19.1. The van der Waals surface area contributed by atoms with Crippen molar-refractivity contribution in [3.63, 3.8) is 0 Å². The van der Waals surface area contributed by atoms with Crippen LogP contribution in [0.4, 0.5) is 10.5 Å². The van der Waals surface area contributed by atoms with Crippen molar-refractivity contribution in [1.29, 1.82) is 0 Å². The third-order valence-electron chi connectivity index (χ3n) is 5.87. The number of benzene rings is 2. The zero-order chi connectivity index (χ0) is 20.4. The molecule has 29 heavy (non-hydrogen) atoms. The molecule has 2 aromatic rings. The van der Waals surface area contributed by atoms with E-state index in [0.29, 0.717) is 6.54 Å². The molecule has 0 radical (unpaired) electrons. The van der Waals surface area contributed by atoms with Crippen molar-refractivity contribution in [1.82, 2.24) is 9.80 Å². The number of hydrogen-bond acceptors (Lipinski definition) is 4. The number of carbonyl (C=O) groups is 2. The van der Waals surface area contributed by atoms with E-state index in [1.165, 1.54) is 17.0 Å². The van der Waals surface area contributed by atoms with Crippen molar-refractivity contribution >= 4 is 17.6 Å². The number of non-ortho nitro benzene ring substituents is 1. The smallest absolute Gasteiger partial charge is 0.316 e. The van der Waals surface area contributed by atoms with Crippen LogP contribution >= 0.6 is 0 Å². The van der Waals surface area contributed by atoms with E-state index in [0.717, 1.165) is 36.8 Å². The number of nitrogens with zero attached hydrogens (tertiary/aromatic N) is 3. The number of carbonyl (C=O) groups excluding carboxylic acids is 2. The van der Waals surface area contributed by atoms with Gasteiger partial charge in [0.25, 0.3) is 5.69 Å². The van der Waals surface area contributed by atoms with E-state index in [1.807, 2.05) is 30.3 Å². The molecule has 2 atom stereocenters. The summed E-state index contributed by atoms with van der Waals surface area (Å²) in [4.78, 5) is 40.0. The summed E-state index contributed by atoms with van der Waals surface area (Å²) < 4.78 is 0. The van der Waals surface area contributed by atoms with Gasteiger partial charge in [-0.05, 0) is 24.0 Å². The van der Waals surface area contributed by atoms with Crippen LogP contribution in [0, 0.1) is 16.0 Å². The lowest BCUT2D eigenvalue weighted by molar-refractivity contribution is -0.384. The van der Waals surface area contributed by atoms with E-state index < -0.39 is 4.92 Å². The number of amides is 3. The molecule has 1 heterocycles. The Morgan fingerprint density at radius 1 is 0.897 bits per heavy atom. The zero-order valence-electron chi connectivity index (χ0n) is 16.1. The van der Waals surface area contributed by atoms with Gasteiger partial charge in [0.2, 0.25) is 5.91 Å². The van der Waals surface area contributed by atoms with Crippen LogP contribution in [0.2, 0.25) is 0 Å². The molecule has 0 spiro atoms. The molecule has 0 bridgehead atoms. The van der Waals surface area contributed by atoms with Gasteiger partial charge in [-0.2, -0.15) is 0 Å². The molecule has 0 N–H and O–H groups in total. The van der Waals surface area contributed by atoms with E-state index >= 15 is 0 Å². The monoisotopic (exact) mass is 393 g/mol. The highest BCUT2D eigenvalue weighted by Gasteiger charge is 2.46. The summed E-state index contributed by atoms with van der Waals surface area (Å²) in [7, 11) is 0. The standard InChI is InChI=1S/C22H23N3O4/c26-21-19-8-4-5-9-20(19)23(14-17-10-12-18(13-11-17)25(28)29)22(27)24(21)15-16-6-2-1-3-7-16/h1-3,6-7,10-13,19-20H,4-5,8-9,14-15H2. The van der Waals surface area contributed by atoms with E-state index in [2.05, 4.69) is 0 Å². The van der Waals surface area contributed by atoms with Gasteiger partial charge < -0.3 is 4.90 Å². The first-order valence-corrected chi connectivity index (χ1v) is 9.94. The molecular formula is C22H23N3O4. The van der Waals surface area contributed by atoms with Gasteiger partial charge in [0.15, 0.2) is 0 Å². The van der Waals surface area contributed by atoms with Crippen LogP contribution in [0.1, 0.15) is 36.8 Å². The third-order valence-corrected chi connectivity index (χ3v) is 5.87. The zero-order valence-corrected chi connectivity index (χ0v) is 16.1. The normalized spacial score (nSPS) is 21.8. The summed E-state index contributed by atoms with van der Waals surface area (Å²) in [6.07, 6.45) is 3.59. The van der Waals surface area contributed by atoms with Crippen LogP contribution in [-0.2, 0) is 17.9 Å². The molecule has 0 aromatic heterocycles. The summed E-state index contributed by atoms with van der Waals surface area (Å²) in [5.41, 5.74) is 1.76. The summed E-state index contributed by atoms with van der Waals surface area (Å²) in [6.45, 7) is 0.606. The van der Waals surface area contributed by atoms with Gasteiger partial charge in [-0.25, -0.2) is 4.79 Å². The Hall–Kier alpha value is -3.22. The molecule has 7 nitrogen and oxygen atoms in total. The maximum atomic E-state index is 13.3. The predicted octanol–water partition coefficient (Wildman–Crippen LogP) is 4.12. The number of nitro benzene ring substituents is 1. The van der Waals surface area contributed by atoms with Gasteiger partial charge in [-0.15, -0.1) is 0 Å². The molecule has 1 saturated carbocycles. The highest BCUT2D eigenvalue weighted by molar-refractivity contribution is 5.98. The lowest BCUT2D eigenvalue weighted by atomic mass is 9.81. The number of rotatable bonds is 5. The lowest BCUT2D eigenvalue weighted by Crippen LogP contribution is -2.61. The van der Waals surface area contributed by atoms with Crippen molar-refractivity contribution in [2.24, 2.45) is 5.92 Å². The second-order valence-electron chi connectivity index (χ2n) is 7.70. The van der Waals surface area contributed by atoms with Crippen LogP contribution in [-0.4, -0.2) is 32.7 Å². The minimum atomic E-state index is -0.437. The van der Waals surface area contributed by atoms with Gasteiger partial charge in [-0.1, -0.05) is 55.3 Å². The molecule has 150 valence electrons. The highest BCUT2D eigenvalue weighted by atomic mass is 16.6. The Morgan fingerprint density at radius 2 is 1.55 bits per heavy atom. The van der Waals surface area contributed by atoms with E-state index in [1.54, 1.807) is 17.0 Å². The molecule has 1 saturated heterocycles. The number of urea groups is 1. The Labute approximate surface area is 169 Å². The summed E-state index contributed by atoms with van der Waals surface area (Å²) in [5, 5.41) is 10.9. The Kier molecular flexibility index (Phi) is 5.29. The Balaban J connectivity index is 1.60. The largest absolute Gasteiger partial charge is 0.327 e. The molecule has 2 aromatic carbocycles. The topological polar surface area (TPSA) is 83.8 Å². The number of hydrogen-bond donors (Lipinski definition) is 0. The molecule has 1 aliphatic carbocycles. The molecule has 2 unspecified atom stereocenters. The van der Waals surface area contributed by atoms with Crippen LogP contribution in [0.5, 0.6) is 0 Å². The van der Waals surface area contributed by atoms with Crippen LogP contribution in [0.15, 0.2) is 54.6 Å². The van der Waals surface area contributed by atoms with E-state index in [-0.39, 0.29) is 36.1 Å². The molecule has 1 aliphatic heterocycles. The minimum absolute atomic E-state index is 0.0233. The third kappa shape index (κ3) is 3.85. The highest BCUT2D eigenvalue weighted by Crippen LogP contribution is 2.36. The lowest BCUT2D eigenvalue weighted by Gasteiger charge is -2.47. The molecule has 2 aliphatic rings. The number of imide groups is 1. The van der Waals surface area contributed by atoms with Crippen LogP contribution < -0.4 is 0 Å². The van der Waals surface area contributed by atoms with Gasteiger partial charge >= 0.3 is 6.03 Å². The van der Waals surface area contributed by atoms with Crippen molar-refractivity contribution in [2.75, 3.05) is 0 Å². The molecule has 7 heteroatoms. The first-order valence-electron chi connectivity index (χ1n) is 9.94. The van der Waals surface area contributed by atoms with Crippen molar-refractivity contribution < 1.29 is 14.5 Å². The number of fused-ring (bicyclic) bond motifs is 1. The quantitative estimate of drug-likeness (QED) is 0.565. The summed E-state index contributed by atoms with van der Waals surface area (Å²) in [6, 6.07) is 15.4. The first-order chi connectivity index (χ1) is 14.0. The maximum absolute atomic E-state index is 13.3. The van der Waals surface area contributed by atoms with Gasteiger partial charge in [0.05, 0.1) is 17.4 Å². The molecule has 2 fully saturated rings. The van der Waals surface area contributed by atoms with Crippen molar-refractivity contribution in [3.05, 3.63) is 75.8 Å². The Morgan fingerprint density at radius 3 is 2.24 bits per heavy atom.